The highest BCUT2D eigenvalue weighted by molar-refractivity contribution is 7.89. The van der Waals surface area contributed by atoms with Crippen LogP contribution in [0.2, 0.25) is 0 Å². The number of nitrogens with one attached hydrogen (secondary N) is 1. The van der Waals surface area contributed by atoms with Crippen molar-refractivity contribution in [2.24, 2.45) is 0 Å². The maximum absolute atomic E-state index is 13.4. The summed E-state index contributed by atoms with van der Waals surface area (Å²) in [5.41, 5.74) is 1.78. The van der Waals surface area contributed by atoms with E-state index in [-0.39, 0.29) is 23.0 Å². The van der Waals surface area contributed by atoms with Crippen molar-refractivity contribution >= 4 is 33.0 Å². The van der Waals surface area contributed by atoms with Crippen LogP contribution in [0.25, 0.3) is 10.6 Å². The molecule has 1 fully saturated rings. The molecule has 9 heteroatoms. The molecule has 1 aliphatic rings. The van der Waals surface area contributed by atoms with Gasteiger partial charge in [0.25, 0.3) is 0 Å². The SMILES string of the molecule is O=C(Cc1csc(-c2cccc(F)c2)n1)Nc1ccc(S(=O)(=O)N2CCCCCC2)cc1. The highest BCUT2D eigenvalue weighted by atomic mass is 32.2. The van der Waals surface area contributed by atoms with Crippen molar-refractivity contribution in [1.82, 2.24) is 9.29 Å². The summed E-state index contributed by atoms with van der Waals surface area (Å²) in [6.45, 7) is 1.10. The molecule has 2 heterocycles. The van der Waals surface area contributed by atoms with Gasteiger partial charge in [0.15, 0.2) is 0 Å². The Bertz CT molecular complexity index is 1190. The summed E-state index contributed by atoms with van der Waals surface area (Å²) in [7, 11) is -3.52. The number of nitrogens with zero attached hydrogens (tertiary/aromatic N) is 2. The summed E-state index contributed by atoms with van der Waals surface area (Å²) in [6, 6.07) is 12.4. The molecule has 32 heavy (non-hydrogen) atoms. The van der Waals surface area contributed by atoms with Gasteiger partial charge < -0.3 is 5.32 Å². The molecule has 1 aliphatic heterocycles. The summed E-state index contributed by atoms with van der Waals surface area (Å²) in [4.78, 5) is 17.1. The first-order valence-corrected chi connectivity index (χ1v) is 12.8. The van der Waals surface area contributed by atoms with Gasteiger partial charge in [0.2, 0.25) is 15.9 Å². The lowest BCUT2D eigenvalue weighted by Gasteiger charge is -2.20. The Balaban J connectivity index is 1.38. The number of thiazole rings is 1. The predicted octanol–water partition coefficient (Wildman–Crippen LogP) is 4.70. The van der Waals surface area contributed by atoms with Gasteiger partial charge in [0.05, 0.1) is 17.0 Å². The highest BCUT2D eigenvalue weighted by Crippen LogP contribution is 2.25. The van der Waals surface area contributed by atoms with Crippen molar-refractivity contribution in [2.75, 3.05) is 18.4 Å². The first kappa shape index (κ1) is 22.6. The molecular weight excluding hydrogens is 449 g/mol. The zero-order valence-electron chi connectivity index (χ0n) is 17.5. The first-order valence-electron chi connectivity index (χ1n) is 10.5. The van der Waals surface area contributed by atoms with Gasteiger partial charge in [-0.3, -0.25) is 4.79 Å². The summed E-state index contributed by atoms with van der Waals surface area (Å²) in [6.07, 6.45) is 3.94. The van der Waals surface area contributed by atoms with Crippen LogP contribution in [0, 0.1) is 5.82 Å². The average Bonchev–Trinajstić information content (AvgIpc) is 3.05. The topological polar surface area (TPSA) is 79.4 Å². The lowest BCUT2D eigenvalue weighted by Crippen LogP contribution is -2.31. The minimum absolute atomic E-state index is 0.0691. The van der Waals surface area contributed by atoms with Crippen molar-refractivity contribution < 1.29 is 17.6 Å². The number of sulfonamides is 1. The number of rotatable bonds is 6. The Kier molecular flexibility index (Phi) is 6.98. The fraction of sp³-hybridized carbons (Fsp3) is 0.304. The van der Waals surface area contributed by atoms with Gasteiger partial charge >= 0.3 is 0 Å². The maximum atomic E-state index is 13.4. The zero-order valence-corrected chi connectivity index (χ0v) is 19.1. The van der Waals surface area contributed by atoms with E-state index in [0.717, 1.165) is 25.7 Å². The van der Waals surface area contributed by atoms with Crippen molar-refractivity contribution in [2.45, 2.75) is 37.0 Å². The molecule has 1 aromatic heterocycles. The fourth-order valence-electron chi connectivity index (χ4n) is 3.65. The van der Waals surface area contributed by atoms with E-state index in [1.807, 2.05) is 0 Å². The Morgan fingerprint density at radius 3 is 2.47 bits per heavy atom. The molecule has 0 saturated carbocycles. The zero-order chi connectivity index (χ0) is 22.6. The molecule has 3 aromatic rings. The van der Waals surface area contributed by atoms with Gasteiger partial charge in [0, 0.05) is 29.7 Å². The molecule has 0 atom stereocenters. The smallest absolute Gasteiger partial charge is 0.243 e. The molecule has 4 rings (SSSR count). The lowest BCUT2D eigenvalue weighted by atomic mass is 10.2. The number of hydrogen-bond donors (Lipinski definition) is 1. The summed E-state index contributed by atoms with van der Waals surface area (Å²) in [5.74, 6) is -0.595. The van der Waals surface area contributed by atoms with E-state index in [2.05, 4.69) is 10.3 Å². The van der Waals surface area contributed by atoms with Gasteiger partial charge in [-0.15, -0.1) is 11.3 Å². The molecule has 1 saturated heterocycles. The number of anilines is 1. The van der Waals surface area contributed by atoms with Crippen LogP contribution in [0.3, 0.4) is 0 Å². The van der Waals surface area contributed by atoms with Crippen LogP contribution in [0.15, 0.2) is 58.8 Å². The van der Waals surface area contributed by atoms with Crippen molar-refractivity contribution in [3.63, 3.8) is 0 Å². The normalized spacial score (nSPS) is 15.3. The minimum Gasteiger partial charge on any atom is -0.326 e. The van der Waals surface area contributed by atoms with E-state index in [1.54, 1.807) is 34.0 Å². The molecule has 1 N–H and O–H groups in total. The number of hydrogen-bond acceptors (Lipinski definition) is 5. The predicted molar refractivity (Wildman–Crippen MR) is 124 cm³/mol. The van der Waals surface area contributed by atoms with E-state index >= 15 is 0 Å². The Labute approximate surface area is 191 Å². The van der Waals surface area contributed by atoms with Crippen LogP contribution in [-0.4, -0.2) is 36.7 Å². The molecule has 0 radical (unpaired) electrons. The molecule has 168 valence electrons. The Morgan fingerprint density at radius 2 is 1.78 bits per heavy atom. The molecule has 0 bridgehead atoms. The second kappa shape index (κ2) is 9.89. The molecule has 0 spiro atoms. The summed E-state index contributed by atoms with van der Waals surface area (Å²) >= 11 is 1.35. The summed E-state index contributed by atoms with van der Waals surface area (Å²) in [5, 5.41) is 5.20. The van der Waals surface area contributed by atoms with Crippen LogP contribution < -0.4 is 5.32 Å². The van der Waals surface area contributed by atoms with E-state index in [0.29, 0.717) is 35.0 Å². The second-order valence-electron chi connectivity index (χ2n) is 7.72. The maximum Gasteiger partial charge on any atom is 0.243 e. The van der Waals surface area contributed by atoms with E-state index in [9.17, 15) is 17.6 Å². The third-order valence-electron chi connectivity index (χ3n) is 5.31. The number of halogens is 1. The number of carbonyl (C=O) groups excluding carboxylic acids is 1. The molecule has 0 unspecified atom stereocenters. The van der Waals surface area contributed by atoms with Gasteiger partial charge in [-0.25, -0.2) is 17.8 Å². The lowest BCUT2D eigenvalue weighted by molar-refractivity contribution is -0.115. The van der Waals surface area contributed by atoms with Crippen molar-refractivity contribution in [3.05, 3.63) is 65.4 Å². The van der Waals surface area contributed by atoms with Crippen LogP contribution in [-0.2, 0) is 21.2 Å². The number of carbonyl (C=O) groups is 1. The molecule has 6 nitrogen and oxygen atoms in total. The van der Waals surface area contributed by atoms with Crippen molar-refractivity contribution in [1.29, 1.82) is 0 Å². The quantitative estimate of drug-likeness (QED) is 0.563. The average molecular weight is 474 g/mol. The van der Waals surface area contributed by atoms with E-state index in [4.69, 9.17) is 0 Å². The van der Waals surface area contributed by atoms with Crippen LogP contribution in [0.4, 0.5) is 10.1 Å². The first-order chi connectivity index (χ1) is 15.4. The minimum atomic E-state index is -3.52. The molecule has 0 aliphatic carbocycles. The summed E-state index contributed by atoms with van der Waals surface area (Å²) < 4.78 is 40.7. The fourth-order valence-corrected chi connectivity index (χ4v) is 5.99. The van der Waals surface area contributed by atoms with Gasteiger partial charge in [-0.05, 0) is 49.2 Å². The monoisotopic (exact) mass is 473 g/mol. The molecule has 2 aromatic carbocycles. The van der Waals surface area contributed by atoms with Gasteiger partial charge in [-0.1, -0.05) is 25.0 Å². The van der Waals surface area contributed by atoms with Gasteiger partial charge in [0.1, 0.15) is 10.8 Å². The van der Waals surface area contributed by atoms with E-state index < -0.39 is 10.0 Å². The second-order valence-corrected chi connectivity index (χ2v) is 10.5. The third kappa shape index (κ3) is 5.40. The largest absolute Gasteiger partial charge is 0.326 e. The Hall–Kier alpha value is -2.62. The number of amides is 1. The molecule has 1 amide bonds. The standard InChI is InChI=1S/C23H24FN3O3S2/c24-18-7-5-6-17(14-18)23-26-20(16-31-23)15-22(28)25-19-8-10-21(11-9-19)32(29,30)27-12-3-1-2-4-13-27/h5-11,14,16H,1-4,12-13,15H2,(H,25,28). The van der Waals surface area contributed by atoms with Gasteiger partial charge in [-0.2, -0.15) is 4.31 Å². The number of aromatic nitrogens is 1. The van der Waals surface area contributed by atoms with Crippen LogP contribution in [0.5, 0.6) is 0 Å². The van der Waals surface area contributed by atoms with Crippen molar-refractivity contribution in [3.8, 4) is 10.6 Å². The third-order valence-corrected chi connectivity index (χ3v) is 8.16. The molecular formula is C23H24FN3O3S2. The van der Waals surface area contributed by atoms with E-state index in [1.165, 1.54) is 35.6 Å². The van der Waals surface area contributed by atoms with Crippen LogP contribution >= 0.6 is 11.3 Å². The van der Waals surface area contributed by atoms with Crippen LogP contribution in [0.1, 0.15) is 31.4 Å². The Morgan fingerprint density at radius 1 is 1.06 bits per heavy atom. The highest BCUT2D eigenvalue weighted by Gasteiger charge is 2.25. The number of benzene rings is 2.